The predicted octanol–water partition coefficient (Wildman–Crippen LogP) is 5.33. The fourth-order valence-corrected chi connectivity index (χ4v) is 4.10. The molecular weight excluding hydrogens is 400 g/mol. The molecule has 0 bridgehead atoms. The van der Waals surface area contributed by atoms with Gasteiger partial charge >= 0.3 is 0 Å². The molecule has 5 rings (SSSR count). The Hall–Kier alpha value is -4.03. The van der Waals surface area contributed by atoms with E-state index < -0.39 is 6.23 Å². The maximum Gasteiger partial charge on any atom is 0.194 e. The first-order chi connectivity index (χ1) is 15.8. The highest BCUT2D eigenvalue weighted by atomic mass is 16.5. The molecule has 0 aliphatic carbocycles. The van der Waals surface area contributed by atoms with Gasteiger partial charge in [-0.1, -0.05) is 48.5 Å². The molecule has 0 spiro atoms. The number of fused-ring (bicyclic) bond motifs is 3. The van der Waals surface area contributed by atoms with E-state index in [0.717, 1.165) is 39.0 Å². The Kier molecular flexibility index (Phi) is 5.35. The molecule has 32 heavy (non-hydrogen) atoms. The molecule has 6 heteroatoms. The molecule has 0 saturated heterocycles. The number of nitrogens with zero attached hydrogens (tertiary/aromatic N) is 4. The van der Waals surface area contributed by atoms with Crippen LogP contribution in [0.15, 0.2) is 96.2 Å². The molecule has 6 nitrogen and oxygen atoms in total. The molecule has 0 amide bonds. The quantitative estimate of drug-likeness (QED) is 0.445. The second-order valence-corrected chi connectivity index (χ2v) is 7.31. The number of ether oxygens (including phenoxy) is 2. The van der Waals surface area contributed by atoms with E-state index in [4.69, 9.17) is 9.47 Å². The number of benzene rings is 3. The first kappa shape index (κ1) is 19.9. The first-order valence-corrected chi connectivity index (χ1v) is 10.3. The molecule has 1 aliphatic heterocycles. The third-order valence-electron chi connectivity index (χ3n) is 5.53. The van der Waals surface area contributed by atoms with E-state index in [2.05, 4.69) is 44.1 Å². The van der Waals surface area contributed by atoms with E-state index >= 15 is 0 Å². The normalized spacial score (nSPS) is 15.6. The summed E-state index contributed by atoms with van der Waals surface area (Å²) in [5, 5.41) is 0.902. The molecule has 1 aromatic heterocycles. The van der Waals surface area contributed by atoms with E-state index in [0.29, 0.717) is 5.76 Å². The first-order valence-electron chi connectivity index (χ1n) is 10.3. The average molecular weight is 422 g/mol. The van der Waals surface area contributed by atoms with Crippen LogP contribution in [0, 0.1) is 0 Å². The van der Waals surface area contributed by atoms with E-state index in [1.165, 1.54) is 0 Å². The van der Waals surface area contributed by atoms with Crippen LogP contribution in [-0.4, -0.2) is 36.6 Å². The molecule has 0 radical (unpaired) electrons. The van der Waals surface area contributed by atoms with Crippen LogP contribution in [0.5, 0.6) is 0 Å². The summed E-state index contributed by atoms with van der Waals surface area (Å²) in [7, 11) is 3.30. The zero-order valence-corrected chi connectivity index (χ0v) is 17.8. The third-order valence-corrected chi connectivity index (χ3v) is 5.53. The van der Waals surface area contributed by atoms with Crippen LogP contribution >= 0.6 is 0 Å². The van der Waals surface area contributed by atoms with Crippen molar-refractivity contribution in [1.82, 2.24) is 9.97 Å². The number of methoxy groups -OCH3 is 2. The topological polar surface area (TPSA) is 59.8 Å². The molecule has 0 fully saturated rings. The molecule has 1 aliphatic rings. The van der Waals surface area contributed by atoms with Gasteiger partial charge in [-0.15, -0.1) is 0 Å². The number of aromatic nitrogens is 2. The van der Waals surface area contributed by atoms with Crippen molar-refractivity contribution < 1.29 is 9.47 Å². The van der Waals surface area contributed by atoms with Gasteiger partial charge in [0.25, 0.3) is 0 Å². The number of rotatable bonds is 4. The van der Waals surface area contributed by atoms with Crippen LogP contribution in [-0.2, 0) is 9.47 Å². The largest absolute Gasteiger partial charge is 0.495 e. The van der Waals surface area contributed by atoms with Crippen LogP contribution in [0.25, 0.3) is 22.0 Å². The summed E-state index contributed by atoms with van der Waals surface area (Å²) in [6.45, 7) is 0. The van der Waals surface area contributed by atoms with Gasteiger partial charge in [-0.2, -0.15) is 0 Å². The lowest BCUT2D eigenvalue weighted by atomic mass is 10.00. The summed E-state index contributed by atoms with van der Waals surface area (Å²) in [4.78, 5) is 15.4. The number of anilines is 2. The van der Waals surface area contributed by atoms with Crippen molar-refractivity contribution >= 4 is 28.5 Å². The lowest BCUT2D eigenvalue weighted by Gasteiger charge is -2.36. The lowest BCUT2D eigenvalue weighted by Crippen LogP contribution is -2.36. The molecule has 3 aromatic carbocycles. The molecule has 0 saturated carbocycles. The van der Waals surface area contributed by atoms with Gasteiger partial charge in [0, 0.05) is 36.0 Å². The molecule has 4 aromatic rings. The lowest BCUT2D eigenvalue weighted by molar-refractivity contribution is 0.0828. The van der Waals surface area contributed by atoms with Gasteiger partial charge in [0.15, 0.2) is 12.0 Å². The van der Waals surface area contributed by atoms with Crippen molar-refractivity contribution in [3.63, 3.8) is 0 Å². The second kappa shape index (κ2) is 8.61. The van der Waals surface area contributed by atoms with Gasteiger partial charge in [0.05, 0.1) is 30.2 Å². The van der Waals surface area contributed by atoms with Gasteiger partial charge in [-0.25, -0.2) is 9.97 Å². The average Bonchev–Trinajstić information content (AvgIpc) is 2.85. The monoisotopic (exact) mass is 422 g/mol. The molecule has 1 unspecified atom stereocenters. The zero-order valence-electron chi connectivity index (χ0n) is 17.8. The summed E-state index contributed by atoms with van der Waals surface area (Å²) >= 11 is 0. The van der Waals surface area contributed by atoms with E-state index in [-0.39, 0.29) is 0 Å². The van der Waals surface area contributed by atoms with Crippen molar-refractivity contribution in [3.05, 3.63) is 96.8 Å². The Labute approximate surface area is 186 Å². The van der Waals surface area contributed by atoms with E-state index in [1.807, 2.05) is 54.9 Å². The minimum absolute atomic E-state index is 0.549. The van der Waals surface area contributed by atoms with Gasteiger partial charge in [0.2, 0.25) is 0 Å². The predicted molar refractivity (Wildman–Crippen MR) is 127 cm³/mol. The third kappa shape index (κ3) is 3.40. The maximum atomic E-state index is 6.01. The van der Waals surface area contributed by atoms with Gasteiger partial charge in [-0.05, 0) is 23.8 Å². The van der Waals surface area contributed by atoms with E-state index in [1.54, 1.807) is 26.7 Å². The maximum absolute atomic E-state index is 6.01. The summed E-state index contributed by atoms with van der Waals surface area (Å²) in [6.07, 6.45) is 6.36. The standard InChI is InChI=1S/C26H22N4O2/c1-31-24-16-27-14-19-12-13-22-21(15-28-17-29-22)25(19)30(26(24)32-2)23-11-7-6-10-20(23)18-8-4-3-5-9-18/h3-17,26H,1-2H3. The van der Waals surface area contributed by atoms with Crippen molar-refractivity contribution in [2.24, 2.45) is 4.99 Å². The fraction of sp³-hybridized carbons (Fsp3) is 0.115. The van der Waals surface area contributed by atoms with Gasteiger partial charge in [-0.3, -0.25) is 4.99 Å². The number of hydrogen-bond donors (Lipinski definition) is 0. The van der Waals surface area contributed by atoms with Crippen molar-refractivity contribution in [2.45, 2.75) is 6.23 Å². The van der Waals surface area contributed by atoms with E-state index in [9.17, 15) is 0 Å². The van der Waals surface area contributed by atoms with Crippen molar-refractivity contribution in [2.75, 3.05) is 19.1 Å². The SMILES string of the molecule is COC1=CN=Cc2ccc3ncncc3c2N(c2ccccc2-c2ccccc2)C1OC. The van der Waals surface area contributed by atoms with Crippen molar-refractivity contribution in [1.29, 1.82) is 0 Å². The highest BCUT2D eigenvalue weighted by molar-refractivity contribution is 6.05. The molecular formula is C26H22N4O2. The van der Waals surface area contributed by atoms with Crippen molar-refractivity contribution in [3.8, 4) is 11.1 Å². The molecule has 158 valence electrons. The highest BCUT2D eigenvalue weighted by Gasteiger charge is 2.31. The van der Waals surface area contributed by atoms with Crippen LogP contribution in [0.1, 0.15) is 5.56 Å². The van der Waals surface area contributed by atoms with Gasteiger partial charge < -0.3 is 14.4 Å². The van der Waals surface area contributed by atoms with Gasteiger partial charge in [0.1, 0.15) is 6.33 Å². The Morgan fingerprint density at radius 1 is 0.906 bits per heavy atom. The fourth-order valence-electron chi connectivity index (χ4n) is 4.10. The summed E-state index contributed by atoms with van der Waals surface area (Å²) in [5.74, 6) is 0.589. The minimum Gasteiger partial charge on any atom is -0.495 e. The number of hydrogen-bond acceptors (Lipinski definition) is 6. The Bertz CT molecular complexity index is 1320. The smallest absolute Gasteiger partial charge is 0.194 e. The highest BCUT2D eigenvalue weighted by Crippen LogP contribution is 2.42. The molecule has 2 heterocycles. The summed E-state index contributed by atoms with van der Waals surface area (Å²) in [6, 6.07) is 22.6. The van der Waals surface area contributed by atoms with Crippen LogP contribution < -0.4 is 4.90 Å². The number of para-hydroxylation sites is 1. The zero-order chi connectivity index (χ0) is 21.9. The Morgan fingerprint density at radius 2 is 1.72 bits per heavy atom. The Morgan fingerprint density at radius 3 is 2.53 bits per heavy atom. The van der Waals surface area contributed by atoms with Crippen LogP contribution in [0.2, 0.25) is 0 Å². The van der Waals surface area contributed by atoms with Crippen LogP contribution in [0.4, 0.5) is 11.4 Å². The summed E-state index contributed by atoms with van der Waals surface area (Å²) in [5.41, 5.74) is 5.83. The molecule has 0 N–H and O–H groups in total. The molecule has 1 atom stereocenters. The second-order valence-electron chi connectivity index (χ2n) is 7.31. The van der Waals surface area contributed by atoms with Crippen LogP contribution in [0.3, 0.4) is 0 Å². The number of aliphatic imine (C=N–C) groups is 1. The Balaban J connectivity index is 1.86. The minimum atomic E-state index is -0.549. The summed E-state index contributed by atoms with van der Waals surface area (Å²) < 4.78 is 11.7.